The van der Waals surface area contributed by atoms with E-state index in [0.29, 0.717) is 19.1 Å². The van der Waals surface area contributed by atoms with Crippen LogP contribution in [-0.2, 0) is 27.1 Å². The van der Waals surface area contributed by atoms with E-state index in [0.717, 1.165) is 37.2 Å². The smallest absolute Gasteiger partial charge is 0.215 e. The van der Waals surface area contributed by atoms with Crippen molar-refractivity contribution in [3.63, 3.8) is 0 Å². The third kappa shape index (κ3) is 5.74. The summed E-state index contributed by atoms with van der Waals surface area (Å²) in [7, 11) is -3.27. The second-order valence-electron chi connectivity index (χ2n) is 5.43. The first-order chi connectivity index (χ1) is 10.1. The van der Waals surface area contributed by atoms with Gasteiger partial charge in [-0.2, -0.15) is 0 Å². The lowest BCUT2D eigenvalue weighted by atomic mass is 10.1. The molecule has 0 amide bonds. The number of benzene rings is 1. The zero-order valence-electron chi connectivity index (χ0n) is 12.5. The van der Waals surface area contributed by atoms with Gasteiger partial charge in [0.05, 0.1) is 12.4 Å². The summed E-state index contributed by atoms with van der Waals surface area (Å²) in [6, 6.07) is 7.70. The maximum atomic E-state index is 12.0. The Hall–Kier alpha value is -0.950. The lowest BCUT2D eigenvalue weighted by Gasteiger charge is -2.10. The molecule has 1 aliphatic heterocycles. The Morgan fingerprint density at radius 2 is 1.95 bits per heavy atom. The van der Waals surface area contributed by atoms with E-state index >= 15 is 0 Å². The fourth-order valence-electron chi connectivity index (χ4n) is 2.28. The van der Waals surface area contributed by atoms with E-state index in [9.17, 15) is 8.42 Å². The van der Waals surface area contributed by atoms with Crippen molar-refractivity contribution in [2.45, 2.75) is 25.6 Å². The molecule has 5 nitrogen and oxygen atoms in total. The molecule has 118 valence electrons. The number of hydrogen-bond acceptors (Lipinski definition) is 4. The molecule has 2 N–H and O–H groups in total. The van der Waals surface area contributed by atoms with Gasteiger partial charge in [0.2, 0.25) is 10.0 Å². The molecule has 1 heterocycles. The van der Waals surface area contributed by atoms with Gasteiger partial charge in [-0.05, 0) is 30.0 Å². The first-order valence-corrected chi connectivity index (χ1v) is 9.08. The standard InChI is InChI=1S/C15H24N2O3S/c1-2-16-9-13-3-5-14(6-4-13)12-21(18,19)17-10-15-7-8-20-11-15/h3-6,15-17H,2,7-12H2,1H3. The number of hydrogen-bond donors (Lipinski definition) is 2. The summed E-state index contributed by atoms with van der Waals surface area (Å²) < 4.78 is 32.0. The molecule has 0 bridgehead atoms. The molecule has 1 unspecified atom stereocenters. The summed E-state index contributed by atoms with van der Waals surface area (Å²) in [5.41, 5.74) is 1.97. The Kier molecular flexibility index (Phi) is 6.17. The molecule has 1 fully saturated rings. The van der Waals surface area contributed by atoms with E-state index < -0.39 is 10.0 Å². The first-order valence-electron chi connectivity index (χ1n) is 7.42. The average molecular weight is 312 g/mol. The third-order valence-corrected chi connectivity index (χ3v) is 4.89. The molecule has 0 radical (unpaired) electrons. The molecule has 0 aliphatic carbocycles. The lowest BCUT2D eigenvalue weighted by molar-refractivity contribution is 0.186. The van der Waals surface area contributed by atoms with Crippen LogP contribution in [0.4, 0.5) is 0 Å². The number of ether oxygens (including phenoxy) is 1. The van der Waals surface area contributed by atoms with Crippen LogP contribution in [0.2, 0.25) is 0 Å². The Morgan fingerprint density at radius 1 is 1.24 bits per heavy atom. The van der Waals surface area contributed by atoms with E-state index in [1.165, 1.54) is 0 Å². The van der Waals surface area contributed by atoms with Crippen LogP contribution in [0.15, 0.2) is 24.3 Å². The molecule has 6 heteroatoms. The van der Waals surface area contributed by atoms with E-state index in [1.54, 1.807) is 0 Å². The molecule has 1 aromatic rings. The molecular weight excluding hydrogens is 288 g/mol. The van der Waals surface area contributed by atoms with Crippen molar-refractivity contribution in [3.05, 3.63) is 35.4 Å². The fraction of sp³-hybridized carbons (Fsp3) is 0.600. The molecule has 21 heavy (non-hydrogen) atoms. The van der Waals surface area contributed by atoms with E-state index in [2.05, 4.69) is 17.0 Å². The van der Waals surface area contributed by atoms with Gasteiger partial charge in [-0.1, -0.05) is 31.2 Å². The minimum Gasteiger partial charge on any atom is -0.381 e. The molecule has 0 saturated carbocycles. The first kappa shape index (κ1) is 16.4. The van der Waals surface area contributed by atoms with Crippen molar-refractivity contribution < 1.29 is 13.2 Å². The van der Waals surface area contributed by atoms with Crippen molar-refractivity contribution in [2.24, 2.45) is 5.92 Å². The topological polar surface area (TPSA) is 67.4 Å². The van der Waals surface area contributed by atoms with Crippen molar-refractivity contribution in [1.29, 1.82) is 0 Å². The third-order valence-electron chi connectivity index (χ3n) is 3.57. The van der Waals surface area contributed by atoms with Gasteiger partial charge in [0.25, 0.3) is 0 Å². The predicted octanol–water partition coefficient (Wildman–Crippen LogP) is 1.25. The van der Waals surface area contributed by atoms with Gasteiger partial charge in [-0.15, -0.1) is 0 Å². The summed E-state index contributed by atoms with van der Waals surface area (Å²) in [5.74, 6) is 0.337. The summed E-state index contributed by atoms with van der Waals surface area (Å²) in [6.45, 7) is 5.65. The van der Waals surface area contributed by atoms with E-state index in [4.69, 9.17) is 4.74 Å². The van der Waals surface area contributed by atoms with Gasteiger partial charge in [-0.3, -0.25) is 0 Å². The minimum atomic E-state index is -3.27. The lowest BCUT2D eigenvalue weighted by Crippen LogP contribution is -2.30. The Morgan fingerprint density at radius 3 is 2.57 bits per heavy atom. The molecule has 0 aromatic heterocycles. The maximum absolute atomic E-state index is 12.0. The fourth-order valence-corrected chi connectivity index (χ4v) is 3.51. The van der Waals surface area contributed by atoms with Gasteiger partial charge < -0.3 is 10.1 Å². The summed E-state index contributed by atoms with van der Waals surface area (Å²) >= 11 is 0. The molecule has 1 aliphatic rings. The summed E-state index contributed by atoms with van der Waals surface area (Å²) in [5, 5.41) is 3.24. The molecule has 2 rings (SSSR count). The monoisotopic (exact) mass is 312 g/mol. The summed E-state index contributed by atoms with van der Waals surface area (Å²) in [6.07, 6.45) is 0.932. The van der Waals surface area contributed by atoms with E-state index in [-0.39, 0.29) is 5.75 Å². The number of sulfonamides is 1. The van der Waals surface area contributed by atoms with Crippen LogP contribution < -0.4 is 10.0 Å². The van der Waals surface area contributed by atoms with Gasteiger partial charge in [0.15, 0.2) is 0 Å². The van der Waals surface area contributed by atoms with Crippen LogP contribution in [0, 0.1) is 5.92 Å². The zero-order chi connectivity index (χ0) is 15.1. The van der Waals surface area contributed by atoms with Gasteiger partial charge in [-0.25, -0.2) is 13.1 Å². The van der Waals surface area contributed by atoms with Crippen LogP contribution in [0.1, 0.15) is 24.5 Å². The highest BCUT2D eigenvalue weighted by atomic mass is 32.2. The average Bonchev–Trinajstić information content (AvgIpc) is 2.98. The Labute approximate surface area is 127 Å². The van der Waals surface area contributed by atoms with Crippen LogP contribution in [-0.4, -0.2) is 34.7 Å². The summed E-state index contributed by atoms with van der Waals surface area (Å²) in [4.78, 5) is 0. The molecule has 0 spiro atoms. The van der Waals surface area contributed by atoms with Crippen molar-refractivity contribution >= 4 is 10.0 Å². The van der Waals surface area contributed by atoms with Crippen LogP contribution in [0.25, 0.3) is 0 Å². The minimum absolute atomic E-state index is 0.0298. The Bertz CT molecular complexity index is 522. The van der Waals surface area contributed by atoms with Gasteiger partial charge in [0.1, 0.15) is 0 Å². The van der Waals surface area contributed by atoms with Crippen LogP contribution in [0.5, 0.6) is 0 Å². The highest BCUT2D eigenvalue weighted by Gasteiger charge is 2.19. The normalized spacial score (nSPS) is 19.0. The SMILES string of the molecule is CCNCc1ccc(CS(=O)(=O)NCC2CCOC2)cc1. The van der Waals surface area contributed by atoms with Gasteiger partial charge >= 0.3 is 0 Å². The van der Waals surface area contributed by atoms with Crippen LogP contribution in [0.3, 0.4) is 0 Å². The Balaban J connectivity index is 1.84. The highest BCUT2D eigenvalue weighted by molar-refractivity contribution is 7.88. The largest absolute Gasteiger partial charge is 0.381 e. The predicted molar refractivity (Wildman–Crippen MR) is 83.4 cm³/mol. The number of nitrogens with one attached hydrogen (secondary N) is 2. The second kappa shape index (κ2) is 7.89. The van der Waals surface area contributed by atoms with Crippen molar-refractivity contribution in [1.82, 2.24) is 10.0 Å². The molecule has 1 aromatic carbocycles. The maximum Gasteiger partial charge on any atom is 0.215 e. The zero-order valence-corrected chi connectivity index (χ0v) is 13.3. The van der Waals surface area contributed by atoms with E-state index in [1.807, 2.05) is 24.3 Å². The molecule has 1 atom stereocenters. The molecular formula is C15H24N2O3S. The van der Waals surface area contributed by atoms with Crippen molar-refractivity contribution in [3.8, 4) is 0 Å². The van der Waals surface area contributed by atoms with Gasteiger partial charge in [0, 0.05) is 19.7 Å². The van der Waals surface area contributed by atoms with Crippen LogP contribution >= 0.6 is 0 Å². The quantitative estimate of drug-likeness (QED) is 0.758. The molecule has 1 saturated heterocycles. The number of rotatable bonds is 8. The second-order valence-corrected chi connectivity index (χ2v) is 7.24. The highest BCUT2D eigenvalue weighted by Crippen LogP contribution is 2.12. The van der Waals surface area contributed by atoms with Crippen molar-refractivity contribution in [2.75, 3.05) is 26.3 Å².